The molecule has 1 atom stereocenters. The van der Waals surface area contributed by atoms with Gasteiger partial charge in [0.25, 0.3) is 0 Å². The second kappa shape index (κ2) is 3.92. The van der Waals surface area contributed by atoms with Gasteiger partial charge >= 0.3 is 0 Å². The molecule has 1 rings (SSSR count). The summed E-state index contributed by atoms with van der Waals surface area (Å²) in [6.07, 6.45) is 1.58. The van der Waals surface area contributed by atoms with Crippen LogP contribution >= 0.6 is 0 Å². The Hall–Kier alpha value is -1.29. The molecule has 0 aliphatic rings. The Kier molecular flexibility index (Phi) is 2.88. The first-order valence-corrected chi connectivity index (χ1v) is 3.81. The van der Waals surface area contributed by atoms with E-state index in [1.54, 1.807) is 18.3 Å². The van der Waals surface area contributed by atoms with Gasteiger partial charge in [-0.2, -0.15) is 0 Å². The van der Waals surface area contributed by atoms with E-state index in [0.29, 0.717) is 5.69 Å². The second-order valence-corrected chi connectivity index (χ2v) is 2.70. The van der Waals surface area contributed by atoms with Gasteiger partial charge in [-0.15, -0.1) is 0 Å². The third-order valence-electron chi connectivity index (χ3n) is 1.45. The lowest BCUT2D eigenvalue weighted by atomic mass is 10.3. The van der Waals surface area contributed by atoms with Crippen molar-refractivity contribution < 1.29 is 5.11 Å². The molecule has 66 valence electrons. The highest BCUT2D eigenvalue weighted by molar-refractivity contribution is 5.44. The number of nitrogen functional groups attached to an aromatic ring is 1. The number of pyridine rings is 1. The summed E-state index contributed by atoms with van der Waals surface area (Å²) >= 11 is 0. The number of hydrogen-bond acceptors (Lipinski definition) is 4. The number of nitrogens with one attached hydrogen (secondary N) is 1. The van der Waals surface area contributed by atoms with Gasteiger partial charge in [-0.1, -0.05) is 0 Å². The fraction of sp³-hybridized carbons (Fsp3) is 0.375. The molecule has 0 aliphatic carbocycles. The number of aromatic nitrogens is 1. The molecule has 0 aromatic carbocycles. The average molecular weight is 167 g/mol. The lowest BCUT2D eigenvalue weighted by Gasteiger charge is -2.10. The van der Waals surface area contributed by atoms with Crippen molar-refractivity contribution in [2.24, 2.45) is 0 Å². The van der Waals surface area contributed by atoms with Gasteiger partial charge in [0, 0.05) is 6.04 Å². The van der Waals surface area contributed by atoms with Crippen LogP contribution in [0.3, 0.4) is 0 Å². The summed E-state index contributed by atoms with van der Waals surface area (Å²) in [6, 6.07) is 3.56. The molecule has 0 unspecified atom stereocenters. The van der Waals surface area contributed by atoms with Crippen LogP contribution in [0.5, 0.6) is 0 Å². The van der Waals surface area contributed by atoms with E-state index < -0.39 is 0 Å². The summed E-state index contributed by atoms with van der Waals surface area (Å²) < 4.78 is 0. The zero-order valence-electron chi connectivity index (χ0n) is 6.99. The minimum atomic E-state index is 0.0149. The molecular weight excluding hydrogens is 154 g/mol. The quantitative estimate of drug-likeness (QED) is 0.611. The Morgan fingerprint density at radius 2 is 2.42 bits per heavy atom. The van der Waals surface area contributed by atoms with Gasteiger partial charge in [0.1, 0.15) is 5.82 Å². The number of aliphatic hydroxyl groups excluding tert-OH is 1. The normalized spacial score (nSPS) is 12.5. The zero-order valence-corrected chi connectivity index (χ0v) is 6.99. The second-order valence-electron chi connectivity index (χ2n) is 2.70. The van der Waals surface area contributed by atoms with Crippen molar-refractivity contribution in [3.8, 4) is 0 Å². The van der Waals surface area contributed by atoms with Gasteiger partial charge in [-0.05, 0) is 19.1 Å². The van der Waals surface area contributed by atoms with Crippen LogP contribution < -0.4 is 11.1 Å². The minimum absolute atomic E-state index is 0.0149. The smallest absolute Gasteiger partial charge is 0.126 e. The molecule has 0 fully saturated rings. The van der Waals surface area contributed by atoms with E-state index in [1.807, 2.05) is 6.92 Å². The van der Waals surface area contributed by atoms with Gasteiger partial charge in [0.2, 0.25) is 0 Å². The Labute approximate surface area is 71.4 Å². The Morgan fingerprint density at radius 1 is 1.67 bits per heavy atom. The highest BCUT2D eigenvalue weighted by Crippen LogP contribution is 2.06. The number of anilines is 2. The molecule has 0 saturated carbocycles. The van der Waals surface area contributed by atoms with Crippen molar-refractivity contribution in [3.63, 3.8) is 0 Å². The van der Waals surface area contributed by atoms with Crippen LogP contribution in [0.4, 0.5) is 11.5 Å². The Bertz CT molecular complexity index is 235. The summed E-state index contributed by atoms with van der Waals surface area (Å²) in [5.74, 6) is 0.728. The lowest BCUT2D eigenvalue weighted by molar-refractivity contribution is 0.281. The highest BCUT2D eigenvalue weighted by atomic mass is 16.3. The van der Waals surface area contributed by atoms with Gasteiger partial charge in [-0.3, -0.25) is 0 Å². The molecule has 0 radical (unpaired) electrons. The topological polar surface area (TPSA) is 71.2 Å². The molecule has 4 nitrogen and oxygen atoms in total. The van der Waals surface area contributed by atoms with Gasteiger partial charge in [-0.25, -0.2) is 4.98 Å². The first-order valence-electron chi connectivity index (χ1n) is 3.81. The molecule has 12 heavy (non-hydrogen) atoms. The van der Waals surface area contributed by atoms with Crippen LogP contribution in [0, 0.1) is 0 Å². The molecule has 1 heterocycles. The van der Waals surface area contributed by atoms with Crippen LogP contribution in [0.2, 0.25) is 0 Å². The van der Waals surface area contributed by atoms with E-state index in [0.717, 1.165) is 5.82 Å². The maximum absolute atomic E-state index is 8.74. The van der Waals surface area contributed by atoms with Crippen molar-refractivity contribution in [2.75, 3.05) is 17.7 Å². The molecule has 1 aromatic rings. The number of rotatable bonds is 3. The molecular formula is C8H13N3O. The minimum Gasteiger partial charge on any atom is -0.397 e. The van der Waals surface area contributed by atoms with E-state index in [4.69, 9.17) is 10.8 Å². The van der Waals surface area contributed by atoms with Gasteiger partial charge < -0.3 is 16.2 Å². The molecule has 4 heteroatoms. The van der Waals surface area contributed by atoms with Gasteiger partial charge in [0.15, 0.2) is 0 Å². The van der Waals surface area contributed by atoms with Crippen molar-refractivity contribution in [2.45, 2.75) is 13.0 Å². The fourth-order valence-electron chi connectivity index (χ4n) is 0.789. The molecule has 0 amide bonds. The molecule has 0 saturated heterocycles. The largest absolute Gasteiger partial charge is 0.397 e. The molecule has 0 aliphatic heterocycles. The summed E-state index contributed by atoms with van der Waals surface area (Å²) in [5, 5.41) is 11.7. The molecule has 0 bridgehead atoms. The van der Waals surface area contributed by atoms with Gasteiger partial charge in [0.05, 0.1) is 18.5 Å². The monoisotopic (exact) mass is 167 g/mol. The van der Waals surface area contributed by atoms with Crippen LogP contribution in [0.25, 0.3) is 0 Å². The SMILES string of the molecule is C[C@@H](CO)Nc1ccc(N)cn1. The summed E-state index contributed by atoms with van der Waals surface area (Å²) in [5.41, 5.74) is 6.09. The molecule has 0 spiro atoms. The van der Waals surface area contributed by atoms with E-state index in [2.05, 4.69) is 10.3 Å². The Balaban J connectivity index is 2.58. The first-order chi connectivity index (χ1) is 5.72. The van der Waals surface area contributed by atoms with E-state index in [-0.39, 0.29) is 12.6 Å². The summed E-state index contributed by atoms with van der Waals surface area (Å²) in [6.45, 7) is 1.96. The van der Waals surface area contributed by atoms with Crippen LogP contribution in [0.1, 0.15) is 6.92 Å². The van der Waals surface area contributed by atoms with Crippen molar-refractivity contribution in [1.29, 1.82) is 0 Å². The van der Waals surface area contributed by atoms with E-state index in [1.165, 1.54) is 0 Å². The van der Waals surface area contributed by atoms with Crippen LogP contribution in [-0.4, -0.2) is 22.7 Å². The van der Waals surface area contributed by atoms with Crippen LogP contribution in [-0.2, 0) is 0 Å². The third-order valence-corrected chi connectivity index (χ3v) is 1.45. The maximum Gasteiger partial charge on any atom is 0.126 e. The van der Waals surface area contributed by atoms with Crippen molar-refractivity contribution in [3.05, 3.63) is 18.3 Å². The fourth-order valence-corrected chi connectivity index (χ4v) is 0.789. The zero-order chi connectivity index (χ0) is 8.97. The predicted octanol–water partition coefficient (Wildman–Crippen LogP) is 0.457. The average Bonchev–Trinajstić information content (AvgIpc) is 2.09. The summed E-state index contributed by atoms with van der Waals surface area (Å²) in [4.78, 5) is 4.02. The Morgan fingerprint density at radius 3 is 2.92 bits per heavy atom. The predicted molar refractivity (Wildman–Crippen MR) is 48.8 cm³/mol. The van der Waals surface area contributed by atoms with E-state index in [9.17, 15) is 0 Å². The maximum atomic E-state index is 8.74. The number of nitrogens with two attached hydrogens (primary N) is 1. The molecule has 4 N–H and O–H groups in total. The van der Waals surface area contributed by atoms with Crippen molar-refractivity contribution >= 4 is 11.5 Å². The highest BCUT2D eigenvalue weighted by Gasteiger charge is 1.99. The number of aliphatic hydroxyl groups is 1. The standard InChI is InChI=1S/C8H13N3O/c1-6(5-12)11-8-3-2-7(9)4-10-8/h2-4,6,12H,5,9H2,1H3,(H,10,11)/t6-/m0/s1. The summed E-state index contributed by atoms with van der Waals surface area (Å²) in [7, 11) is 0. The number of hydrogen-bond donors (Lipinski definition) is 3. The van der Waals surface area contributed by atoms with E-state index >= 15 is 0 Å². The lowest BCUT2D eigenvalue weighted by Crippen LogP contribution is -2.19. The van der Waals surface area contributed by atoms with Crippen molar-refractivity contribution in [1.82, 2.24) is 4.98 Å². The first kappa shape index (κ1) is 8.80. The third kappa shape index (κ3) is 2.39. The van der Waals surface area contributed by atoms with Crippen LogP contribution in [0.15, 0.2) is 18.3 Å². The molecule has 1 aromatic heterocycles. The number of nitrogens with zero attached hydrogens (tertiary/aromatic N) is 1.